The molecule has 0 N–H and O–H groups in total. The quantitative estimate of drug-likeness (QED) is 0.787. The van der Waals surface area contributed by atoms with Gasteiger partial charge in [0.1, 0.15) is 11.6 Å². The Hall–Kier alpha value is -2.37. The van der Waals surface area contributed by atoms with Crippen molar-refractivity contribution in [3.63, 3.8) is 0 Å². The summed E-state index contributed by atoms with van der Waals surface area (Å²) in [4.78, 5) is 12.5. The van der Waals surface area contributed by atoms with E-state index in [1.165, 1.54) is 43.3 Å². The van der Waals surface area contributed by atoms with Crippen molar-refractivity contribution < 1.29 is 18.7 Å². The van der Waals surface area contributed by atoms with Crippen LogP contribution in [0.2, 0.25) is 0 Å². The molecule has 0 aliphatic carbocycles. The molecule has 0 amide bonds. The molecule has 0 radical (unpaired) electrons. The van der Waals surface area contributed by atoms with Gasteiger partial charge in [-0.2, -0.15) is 5.10 Å². The van der Waals surface area contributed by atoms with Crippen molar-refractivity contribution in [3.05, 3.63) is 41.5 Å². The lowest BCUT2D eigenvalue weighted by atomic mass is 10.1. The maximum absolute atomic E-state index is 14.0. The molecule has 5 nitrogen and oxygen atoms in total. The first kappa shape index (κ1) is 14.0. The van der Waals surface area contributed by atoms with Gasteiger partial charge in [0.05, 0.1) is 26.0 Å². The van der Waals surface area contributed by atoms with Crippen molar-refractivity contribution in [1.82, 2.24) is 9.78 Å². The number of benzene rings is 1. The Morgan fingerprint density at radius 3 is 2.65 bits per heavy atom. The van der Waals surface area contributed by atoms with Gasteiger partial charge in [-0.15, -0.1) is 0 Å². The van der Waals surface area contributed by atoms with Crippen LogP contribution >= 0.6 is 0 Å². The van der Waals surface area contributed by atoms with Gasteiger partial charge in [0.15, 0.2) is 11.4 Å². The van der Waals surface area contributed by atoms with Crippen molar-refractivity contribution in [3.8, 4) is 11.5 Å². The third-order valence-corrected chi connectivity index (χ3v) is 2.96. The lowest BCUT2D eigenvalue weighted by molar-refractivity contribution is 0.102. The van der Waals surface area contributed by atoms with Crippen LogP contribution in [0.15, 0.2) is 24.4 Å². The second-order valence-corrected chi connectivity index (χ2v) is 4.05. The van der Waals surface area contributed by atoms with Gasteiger partial charge >= 0.3 is 0 Å². The third-order valence-electron chi connectivity index (χ3n) is 2.96. The van der Waals surface area contributed by atoms with Gasteiger partial charge in [-0.05, 0) is 19.1 Å². The Balaban J connectivity index is 2.48. The van der Waals surface area contributed by atoms with Crippen LogP contribution < -0.4 is 9.47 Å². The van der Waals surface area contributed by atoms with E-state index in [0.717, 1.165) is 0 Å². The van der Waals surface area contributed by atoms with Crippen molar-refractivity contribution in [2.75, 3.05) is 14.2 Å². The summed E-state index contributed by atoms with van der Waals surface area (Å²) in [6.07, 6.45) is 1.44. The minimum absolute atomic E-state index is 0.0423. The van der Waals surface area contributed by atoms with Gasteiger partial charge in [-0.25, -0.2) is 4.39 Å². The minimum Gasteiger partial charge on any atom is -0.497 e. The van der Waals surface area contributed by atoms with E-state index in [1.807, 2.05) is 6.92 Å². The number of methoxy groups -OCH3 is 2. The van der Waals surface area contributed by atoms with Crippen LogP contribution in [0.5, 0.6) is 11.5 Å². The number of carbonyl (C=O) groups excluding carboxylic acids is 1. The predicted molar refractivity (Wildman–Crippen MR) is 70.8 cm³/mol. The number of ether oxygens (including phenoxy) is 2. The highest BCUT2D eigenvalue weighted by Crippen LogP contribution is 2.24. The second-order valence-electron chi connectivity index (χ2n) is 4.05. The van der Waals surface area contributed by atoms with Gasteiger partial charge < -0.3 is 9.47 Å². The molecule has 106 valence electrons. The molecule has 0 bridgehead atoms. The molecule has 6 heteroatoms. The van der Waals surface area contributed by atoms with Gasteiger partial charge in [-0.1, -0.05) is 0 Å². The summed E-state index contributed by atoms with van der Waals surface area (Å²) in [5, 5.41) is 4.04. The van der Waals surface area contributed by atoms with Crippen molar-refractivity contribution in [2.45, 2.75) is 13.5 Å². The van der Waals surface area contributed by atoms with Crippen LogP contribution in [-0.2, 0) is 6.54 Å². The van der Waals surface area contributed by atoms with E-state index in [-0.39, 0.29) is 11.3 Å². The molecular weight excluding hydrogens is 263 g/mol. The summed E-state index contributed by atoms with van der Waals surface area (Å²) >= 11 is 0. The number of rotatable bonds is 5. The van der Waals surface area contributed by atoms with E-state index in [2.05, 4.69) is 5.10 Å². The Labute approximate surface area is 115 Å². The first-order chi connectivity index (χ1) is 9.62. The molecule has 1 aromatic carbocycles. The van der Waals surface area contributed by atoms with E-state index in [1.54, 1.807) is 0 Å². The Morgan fingerprint density at radius 2 is 2.10 bits per heavy atom. The van der Waals surface area contributed by atoms with E-state index in [9.17, 15) is 9.18 Å². The summed E-state index contributed by atoms with van der Waals surface area (Å²) < 4.78 is 25.5. The average Bonchev–Trinajstić information content (AvgIpc) is 2.89. The molecule has 1 aromatic heterocycles. The fraction of sp³-hybridized carbons (Fsp3) is 0.286. The standard InChI is InChI=1S/C14H15FN2O3/c1-4-17-13(12(20-3)8-16-17)14(18)10-6-5-9(19-2)7-11(10)15/h5-8H,4H2,1-3H3. The zero-order chi connectivity index (χ0) is 14.7. The fourth-order valence-corrected chi connectivity index (χ4v) is 1.92. The molecule has 1 heterocycles. The highest BCUT2D eigenvalue weighted by molar-refractivity contribution is 6.09. The molecule has 0 saturated heterocycles. The van der Waals surface area contributed by atoms with Gasteiger partial charge in [0.2, 0.25) is 5.78 Å². The van der Waals surface area contributed by atoms with Gasteiger partial charge in [0, 0.05) is 12.6 Å². The van der Waals surface area contributed by atoms with E-state index < -0.39 is 11.6 Å². The zero-order valence-electron chi connectivity index (χ0n) is 11.5. The van der Waals surface area contributed by atoms with E-state index in [4.69, 9.17) is 9.47 Å². The molecule has 0 aliphatic heterocycles. The number of nitrogens with zero attached hydrogens (tertiary/aromatic N) is 2. The van der Waals surface area contributed by atoms with E-state index >= 15 is 0 Å². The third kappa shape index (κ3) is 2.36. The molecule has 2 aromatic rings. The smallest absolute Gasteiger partial charge is 0.217 e. The second kappa shape index (κ2) is 5.73. The topological polar surface area (TPSA) is 53.4 Å². The van der Waals surface area contributed by atoms with Crippen LogP contribution in [0, 0.1) is 5.82 Å². The highest BCUT2D eigenvalue weighted by Gasteiger charge is 2.23. The Kier molecular flexibility index (Phi) is 4.02. The Bertz CT molecular complexity index is 616. The summed E-state index contributed by atoms with van der Waals surface area (Å²) in [6, 6.07) is 4.10. The molecule has 0 fully saturated rings. The SMILES string of the molecule is CCn1ncc(OC)c1C(=O)c1ccc(OC)cc1F. The van der Waals surface area contributed by atoms with Crippen molar-refractivity contribution in [1.29, 1.82) is 0 Å². The normalized spacial score (nSPS) is 10.4. The van der Waals surface area contributed by atoms with Crippen LogP contribution in [0.1, 0.15) is 23.0 Å². The monoisotopic (exact) mass is 278 g/mol. The highest BCUT2D eigenvalue weighted by atomic mass is 19.1. The molecule has 0 spiro atoms. The predicted octanol–water partition coefficient (Wildman–Crippen LogP) is 2.29. The lowest BCUT2D eigenvalue weighted by Crippen LogP contribution is -2.13. The lowest BCUT2D eigenvalue weighted by Gasteiger charge is -2.08. The number of aryl methyl sites for hydroxylation is 1. The van der Waals surface area contributed by atoms with Gasteiger partial charge in [0.25, 0.3) is 0 Å². The average molecular weight is 278 g/mol. The molecule has 20 heavy (non-hydrogen) atoms. The zero-order valence-corrected chi connectivity index (χ0v) is 11.5. The summed E-state index contributed by atoms with van der Waals surface area (Å²) in [7, 11) is 2.88. The number of carbonyl (C=O) groups is 1. The van der Waals surface area contributed by atoms with Crippen LogP contribution in [0.3, 0.4) is 0 Å². The number of hydrogen-bond acceptors (Lipinski definition) is 4. The molecule has 2 rings (SSSR count). The molecule has 0 unspecified atom stereocenters. The number of ketones is 1. The van der Waals surface area contributed by atoms with Gasteiger partial charge in [-0.3, -0.25) is 9.48 Å². The van der Waals surface area contributed by atoms with Crippen molar-refractivity contribution in [2.24, 2.45) is 0 Å². The summed E-state index contributed by atoms with van der Waals surface area (Å²) in [6.45, 7) is 2.33. The first-order valence-corrected chi connectivity index (χ1v) is 6.10. The number of aromatic nitrogens is 2. The molecule has 0 aliphatic rings. The first-order valence-electron chi connectivity index (χ1n) is 6.10. The largest absolute Gasteiger partial charge is 0.497 e. The van der Waals surface area contributed by atoms with Crippen LogP contribution in [-0.4, -0.2) is 29.8 Å². The maximum Gasteiger partial charge on any atom is 0.217 e. The number of halogens is 1. The number of hydrogen-bond donors (Lipinski definition) is 0. The molecular formula is C14H15FN2O3. The fourth-order valence-electron chi connectivity index (χ4n) is 1.92. The molecule has 0 atom stereocenters. The summed E-state index contributed by atoms with van der Waals surface area (Å²) in [5.41, 5.74) is 0.193. The Morgan fingerprint density at radius 1 is 1.35 bits per heavy atom. The van der Waals surface area contributed by atoms with Crippen LogP contribution in [0.4, 0.5) is 4.39 Å². The van der Waals surface area contributed by atoms with Crippen LogP contribution in [0.25, 0.3) is 0 Å². The van der Waals surface area contributed by atoms with Crippen molar-refractivity contribution >= 4 is 5.78 Å². The minimum atomic E-state index is -0.639. The maximum atomic E-state index is 14.0. The van der Waals surface area contributed by atoms with E-state index in [0.29, 0.717) is 18.0 Å². The molecule has 0 saturated carbocycles. The summed E-state index contributed by atoms with van der Waals surface area (Å²) in [5.74, 6) is -0.427.